The topological polar surface area (TPSA) is 46.3 Å². The Kier molecular flexibility index (Phi) is 4.20. The summed E-state index contributed by atoms with van der Waals surface area (Å²) in [5.74, 6) is 0.116. The maximum absolute atomic E-state index is 13.5. The fraction of sp³-hybridized carbons (Fsp3) is 0.562. The molecule has 0 spiro atoms. The fourth-order valence-corrected chi connectivity index (χ4v) is 4.25. The third-order valence-corrected chi connectivity index (χ3v) is 5.48. The second-order valence-corrected chi connectivity index (χ2v) is 6.96. The van der Waals surface area contributed by atoms with E-state index in [9.17, 15) is 9.18 Å². The molecular formula is C16H20BrFN2O. The quantitative estimate of drug-likeness (QED) is 0.775. The van der Waals surface area contributed by atoms with Crippen molar-refractivity contribution in [2.75, 3.05) is 12.3 Å². The lowest BCUT2D eigenvalue weighted by atomic mass is 9.78. The Balaban J connectivity index is 1.88. The summed E-state index contributed by atoms with van der Waals surface area (Å²) in [6.07, 6.45) is 7.06. The Morgan fingerprint density at radius 1 is 1.24 bits per heavy atom. The van der Waals surface area contributed by atoms with Gasteiger partial charge in [-0.25, -0.2) is 4.39 Å². The summed E-state index contributed by atoms with van der Waals surface area (Å²) >= 11 is 3.29. The molecule has 3 rings (SSSR count). The van der Waals surface area contributed by atoms with E-state index in [1.54, 1.807) is 0 Å². The maximum Gasteiger partial charge on any atom is 0.255 e. The summed E-state index contributed by atoms with van der Waals surface area (Å²) in [7, 11) is 0. The van der Waals surface area contributed by atoms with E-state index < -0.39 is 5.82 Å². The van der Waals surface area contributed by atoms with E-state index in [0.29, 0.717) is 22.0 Å². The Hall–Kier alpha value is -1.10. The average molecular weight is 355 g/mol. The minimum atomic E-state index is -0.493. The maximum atomic E-state index is 13.5. The number of hydrogen-bond donors (Lipinski definition) is 1. The van der Waals surface area contributed by atoms with Crippen LogP contribution in [-0.4, -0.2) is 23.4 Å². The molecule has 0 aromatic heterocycles. The second kappa shape index (κ2) is 5.95. The van der Waals surface area contributed by atoms with Crippen molar-refractivity contribution in [3.63, 3.8) is 0 Å². The molecule has 0 radical (unpaired) electrons. The van der Waals surface area contributed by atoms with E-state index >= 15 is 0 Å². The van der Waals surface area contributed by atoms with E-state index in [0.717, 1.165) is 19.4 Å². The molecule has 114 valence electrons. The van der Waals surface area contributed by atoms with Gasteiger partial charge in [-0.2, -0.15) is 0 Å². The first-order valence-corrected chi connectivity index (χ1v) is 8.42. The molecule has 2 atom stereocenters. The first-order valence-electron chi connectivity index (χ1n) is 7.63. The summed E-state index contributed by atoms with van der Waals surface area (Å²) in [5, 5.41) is 0. The van der Waals surface area contributed by atoms with Crippen LogP contribution in [0.25, 0.3) is 0 Å². The van der Waals surface area contributed by atoms with Crippen LogP contribution >= 0.6 is 15.9 Å². The monoisotopic (exact) mass is 354 g/mol. The minimum absolute atomic E-state index is 0.0230. The largest absolute Gasteiger partial charge is 0.396 e. The van der Waals surface area contributed by atoms with Crippen LogP contribution in [0.2, 0.25) is 0 Å². The highest BCUT2D eigenvalue weighted by atomic mass is 79.9. The lowest BCUT2D eigenvalue weighted by molar-refractivity contribution is 0.0390. The van der Waals surface area contributed by atoms with E-state index in [-0.39, 0.29) is 11.6 Å². The van der Waals surface area contributed by atoms with Gasteiger partial charge < -0.3 is 10.6 Å². The van der Waals surface area contributed by atoms with Crippen molar-refractivity contribution in [2.24, 2.45) is 5.92 Å². The first kappa shape index (κ1) is 14.8. The van der Waals surface area contributed by atoms with Crippen molar-refractivity contribution in [1.29, 1.82) is 0 Å². The zero-order valence-corrected chi connectivity index (χ0v) is 13.5. The Morgan fingerprint density at radius 2 is 1.95 bits per heavy atom. The molecule has 2 N–H and O–H groups in total. The normalized spacial score (nSPS) is 25.5. The van der Waals surface area contributed by atoms with Gasteiger partial charge >= 0.3 is 0 Å². The van der Waals surface area contributed by atoms with Crippen LogP contribution in [0.3, 0.4) is 0 Å². The zero-order valence-electron chi connectivity index (χ0n) is 11.9. The number of halogens is 2. The molecule has 1 aliphatic heterocycles. The summed E-state index contributed by atoms with van der Waals surface area (Å²) in [6, 6.07) is 3.08. The lowest BCUT2D eigenvalue weighted by Crippen LogP contribution is -2.49. The van der Waals surface area contributed by atoms with Gasteiger partial charge in [-0.05, 0) is 59.7 Å². The van der Waals surface area contributed by atoms with Crippen LogP contribution in [0.5, 0.6) is 0 Å². The highest BCUT2D eigenvalue weighted by molar-refractivity contribution is 9.10. The van der Waals surface area contributed by atoms with Gasteiger partial charge in [-0.3, -0.25) is 4.79 Å². The van der Waals surface area contributed by atoms with Crippen molar-refractivity contribution in [3.05, 3.63) is 28.0 Å². The molecule has 1 aliphatic carbocycles. The highest BCUT2D eigenvalue weighted by Crippen LogP contribution is 2.36. The minimum Gasteiger partial charge on any atom is -0.396 e. The molecule has 1 aromatic rings. The molecule has 3 nitrogen and oxygen atoms in total. The number of nitrogens with two attached hydrogens (primary N) is 1. The smallest absolute Gasteiger partial charge is 0.255 e. The van der Waals surface area contributed by atoms with Crippen LogP contribution in [0.1, 0.15) is 48.9 Å². The molecule has 2 unspecified atom stereocenters. The molecule has 0 bridgehead atoms. The Labute approximate surface area is 132 Å². The number of nitrogen functional groups attached to an aromatic ring is 1. The van der Waals surface area contributed by atoms with Crippen molar-refractivity contribution in [2.45, 2.75) is 44.6 Å². The average Bonchev–Trinajstić information content (AvgIpc) is 2.49. The number of likely N-dealkylation sites (tertiary alicyclic amines) is 1. The number of nitrogens with zero attached hydrogens (tertiary/aromatic N) is 1. The third kappa shape index (κ3) is 2.80. The van der Waals surface area contributed by atoms with Crippen molar-refractivity contribution in [3.8, 4) is 0 Å². The number of carbonyl (C=O) groups is 1. The van der Waals surface area contributed by atoms with Crippen molar-refractivity contribution in [1.82, 2.24) is 4.90 Å². The number of fused-ring (bicyclic) bond motifs is 1. The summed E-state index contributed by atoms with van der Waals surface area (Å²) in [5.41, 5.74) is 6.12. The van der Waals surface area contributed by atoms with Gasteiger partial charge in [0.15, 0.2) is 0 Å². The molecular weight excluding hydrogens is 335 g/mol. The second-order valence-electron chi connectivity index (χ2n) is 6.11. The number of benzene rings is 1. The molecule has 1 saturated carbocycles. The van der Waals surface area contributed by atoms with Crippen LogP contribution in [-0.2, 0) is 0 Å². The van der Waals surface area contributed by atoms with Gasteiger partial charge in [0.25, 0.3) is 5.91 Å². The summed E-state index contributed by atoms with van der Waals surface area (Å²) in [4.78, 5) is 14.8. The molecule has 1 aromatic carbocycles. The Morgan fingerprint density at radius 3 is 2.76 bits per heavy atom. The lowest BCUT2D eigenvalue weighted by Gasteiger charge is -2.44. The number of hydrogen-bond acceptors (Lipinski definition) is 2. The van der Waals surface area contributed by atoms with Crippen molar-refractivity contribution < 1.29 is 9.18 Å². The zero-order chi connectivity index (χ0) is 15.0. The standard InChI is InChI=1S/C16H20BrFN2O/c17-12-9-13(18)14(19)8-11(12)16(21)20-7-3-5-10-4-1-2-6-15(10)20/h8-10,15H,1-7,19H2. The number of rotatable bonds is 1. The van der Waals surface area contributed by atoms with Crippen LogP contribution in [0.4, 0.5) is 10.1 Å². The number of amides is 1. The van der Waals surface area contributed by atoms with Gasteiger partial charge in [0, 0.05) is 17.1 Å². The molecule has 21 heavy (non-hydrogen) atoms. The predicted molar refractivity (Wildman–Crippen MR) is 84.5 cm³/mol. The predicted octanol–water partition coefficient (Wildman–Crippen LogP) is 3.97. The van der Waals surface area contributed by atoms with E-state index in [2.05, 4.69) is 15.9 Å². The fourth-order valence-electron chi connectivity index (χ4n) is 3.76. The number of piperidine rings is 1. The van der Waals surface area contributed by atoms with Crippen molar-refractivity contribution >= 4 is 27.5 Å². The van der Waals surface area contributed by atoms with E-state index in [4.69, 9.17) is 5.73 Å². The van der Waals surface area contributed by atoms with Gasteiger partial charge in [-0.1, -0.05) is 12.8 Å². The number of carbonyl (C=O) groups excluding carboxylic acids is 1. The molecule has 5 heteroatoms. The van der Waals surface area contributed by atoms with Crippen LogP contribution < -0.4 is 5.73 Å². The van der Waals surface area contributed by atoms with Crippen LogP contribution in [0, 0.1) is 11.7 Å². The van der Waals surface area contributed by atoms with Crippen LogP contribution in [0.15, 0.2) is 16.6 Å². The van der Waals surface area contributed by atoms with Gasteiger partial charge in [-0.15, -0.1) is 0 Å². The summed E-state index contributed by atoms with van der Waals surface area (Å²) < 4.78 is 13.9. The molecule has 1 saturated heterocycles. The molecule has 2 aliphatic rings. The molecule has 2 fully saturated rings. The highest BCUT2D eigenvalue weighted by Gasteiger charge is 2.36. The van der Waals surface area contributed by atoms with Gasteiger partial charge in [0.05, 0.1) is 11.3 Å². The number of anilines is 1. The first-order chi connectivity index (χ1) is 10.1. The SMILES string of the molecule is Nc1cc(C(=O)N2CCCC3CCCCC32)c(Br)cc1F. The molecule has 1 heterocycles. The summed E-state index contributed by atoms with van der Waals surface area (Å²) in [6.45, 7) is 0.795. The van der Waals surface area contributed by atoms with E-state index in [1.165, 1.54) is 37.8 Å². The molecule has 1 amide bonds. The third-order valence-electron chi connectivity index (χ3n) is 4.82. The Bertz CT molecular complexity index is 561. The van der Waals surface area contributed by atoms with E-state index in [1.807, 2.05) is 4.90 Å². The van der Waals surface area contributed by atoms with Gasteiger partial charge in [0.1, 0.15) is 5.82 Å². The van der Waals surface area contributed by atoms with Gasteiger partial charge in [0.2, 0.25) is 0 Å².